The monoisotopic (exact) mass is 314 g/mol. The van der Waals surface area contributed by atoms with Crippen LogP contribution in [0.4, 0.5) is 5.69 Å². The first kappa shape index (κ1) is 14.8. The number of hydrogen-bond acceptors (Lipinski definition) is 5. The van der Waals surface area contributed by atoms with Crippen LogP contribution in [0.25, 0.3) is 0 Å². The second-order valence-corrected chi connectivity index (χ2v) is 7.05. The highest BCUT2D eigenvalue weighted by Crippen LogP contribution is 2.25. The van der Waals surface area contributed by atoms with Crippen molar-refractivity contribution in [2.24, 2.45) is 0 Å². The van der Waals surface area contributed by atoms with E-state index in [2.05, 4.69) is 10.1 Å². The van der Waals surface area contributed by atoms with Gasteiger partial charge >= 0.3 is 0 Å². The second kappa shape index (κ2) is 5.41. The Bertz CT molecular complexity index is 725. The lowest BCUT2D eigenvalue weighted by molar-refractivity contribution is 0.510. The van der Waals surface area contributed by atoms with E-state index in [0.717, 1.165) is 0 Å². The first-order chi connectivity index (χ1) is 9.31. The van der Waals surface area contributed by atoms with E-state index in [1.165, 1.54) is 24.5 Å². The number of nitrogens with two attached hydrogens (primary N) is 1. The number of benzene rings is 1. The lowest BCUT2D eigenvalue weighted by Crippen LogP contribution is -2.14. The van der Waals surface area contributed by atoms with Crippen LogP contribution in [0.2, 0.25) is 5.02 Å². The van der Waals surface area contributed by atoms with Gasteiger partial charge in [0.1, 0.15) is 17.9 Å². The maximum Gasteiger partial charge on any atom is 0.187 e. The highest BCUT2D eigenvalue weighted by molar-refractivity contribution is 7.90. The molecule has 0 aliphatic carbocycles. The molecule has 0 unspecified atom stereocenters. The van der Waals surface area contributed by atoms with E-state index in [-0.39, 0.29) is 22.4 Å². The molecule has 0 atom stereocenters. The molecule has 0 saturated heterocycles. The summed E-state index contributed by atoms with van der Waals surface area (Å²) in [5.74, 6) is 0.131. The molecule has 108 valence electrons. The largest absolute Gasteiger partial charge is 0.398 e. The Morgan fingerprint density at radius 3 is 2.70 bits per heavy atom. The minimum absolute atomic E-state index is 0.0327. The summed E-state index contributed by atoms with van der Waals surface area (Å²) >= 11 is 5.78. The zero-order chi connectivity index (χ0) is 14.9. The van der Waals surface area contributed by atoms with Gasteiger partial charge in [-0.1, -0.05) is 11.6 Å². The van der Waals surface area contributed by atoms with E-state index < -0.39 is 9.84 Å². The molecular formula is C12H15ClN4O2S. The molecule has 0 bridgehead atoms. The van der Waals surface area contributed by atoms with E-state index in [0.29, 0.717) is 10.8 Å². The van der Waals surface area contributed by atoms with Crippen molar-refractivity contribution in [2.45, 2.75) is 30.5 Å². The molecule has 0 aliphatic rings. The van der Waals surface area contributed by atoms with Crippen molar-refractivity contribution < 1.29 is 8.42 Å². The van der Waals surface area contributed by atoms with Crippen molar-refractivity contribution in [3.8, 4) is 0 Å². The molecule has 1 heterocycles. The van der Waals surface area contributed by atoms with Crippen LogP contribution in [0.1, 0.15) is 25.7 Å². The van der Waals surface area contributed by atoms with Crippen LogP contribution in [0.3, 0.4) is 0 Å². The summed E-state index contributed by atoms with van der Waals surface area (Å²) in [5.41, 5.74) is 5.86. The number of nitrogen functional groups attached to an aromatic ring is 1. The van der Waals surface area contributed by atoms with Crippen molar-refractivity contribution in [1.82, 2.24) is 14.8 Å². The molecule has 1 aromatic heterocycles. The van der Waals surface area contributed by atoms with Gasteiger partial charge in [-0.3, -0.25) is 0 Å². The number of rotatable bonds is 4. The number of anilines is 1. The molecule has 6 nitrogen and oxygen atoms in total. The molecule has 20 heavy (non-hydrogen) atoms. The minimum Gasteiger partial charge on any atom is -0.398 e. The lowest BCUT2D eigenvalue weighted by Gasteiger charge is -2.11. The standard InChI is InChI=1S/C12H15ClN4O2S/c1-8(2)17-12(15-7-16-17)6-20(18,19)11-4-3-9(13)5-10(11)14/h3-5,7-8H,6,14H2,1-2H3. The number of nitrogens with zero attached hydrogens (tertiary/aromatic N) is 3. The average Bonchev–Trinajstić information content (AvgIpc) is 2.75. The first-order valence-electron chi connectivity index (χ1n) is 5.97. The fourth-order valence-corrected chi connectivity index (χ4v) is 3.44. The Morgan fingerprint density at radius 1 is 1.40 bits per heavy atom. The van der Waals surface area contributed by atoms with E-state index in [4.69, 9.17) is 17.3 Å². The normalized spacial score (nSPS) is 12.0. The van der Waals surface area contributed by atoms with Gasteiger partial charge in [-0.15, -0.1) is 0 Å². The van der Waals surface area contributed by atoms with E-state index >= 15 is 0 Å². The van der Waals surface area contributed by atoms with E-state index in [1.807, 2.05) is 13.8 Å². The summed E-state index contributed by atoms with van der Waals surface area (Å²) in [7, 11) is -3.59. The van der Waals surface area contributed by atoms with Crippen molar-refractivity contribution in [2.75, 3.05) is 5.73 Å². The van der Waals surface area contributed by atoms with Gasteiger partial charge in [-0.05, 0) is 32.0 Å². The molecule has 0 aliphatic heterocycles. The molecule has 2 aromatic rings. The summed E-state index contributed by atoms with van der Waals surface area (Å²) < 4.78 is 26.4. The molecule has 8 heteroatoms. The van der Waals surface area contributed by atoms with Crippen LogP contribution in [-0.4, -0.2) is 23.2 Å². The molecule has 0 radical (unpaired) electrons. The quantitative estimate of drug-likeness (QED) is 0.872. The van der Waals surface area contributed by atoms with Crippen LogP contribution < -0.4 is 5.73 Å². The van der Waals surface area contributed by atoms with Crippen molar-refractivity contribution in [3.63, 3.8) is 0 Å². The van der Waals surface area contributed by atoms with Gasteiger partial charge in [-0.2, -0.15) is 5.10 Å². The maximum absolute atomic E-state index is 12.4. The number of sulfone groups is 1. The predicted octanol–water partition coefficient (Wildman–Crippen LogP) is 2.07. The molecular weight excluding hydrogens is 300 g/mol. The predicted molar refractivity (Wildman–Crippen MR) is 77.2 cm³/mol. The summed E-state index contributed by atoms with van der Waals surface area (Å²) in [6, 6.07) is 4.35. The minimum atomic E-state index is -3.59. The summed E-state index contributed by atoms with van der Waals surface area (Å²) in [6.07, 6.45) is 1.34. The number of halogens is 1. The van der Waals surface area contributed by atoms with Gasteiger partial charge < -0.3 is 5.73 Å². The van der Waals surface area contributed by atoms with Crippen molar-refractivity contribution >= 4 is 27.1 Å². The lowest BCUT2D eigenvalue weighted by atomic mass is 10.3. The van der Waals surface area contributed by atoms with Crippen LogP contribution >= 0.6 is 11.6 Å². The third-order valence-electron chi connectivity index (χ3n) is 2.76. The maximum atomic E-state index is 12.4. The topological polar surface area (TPSA) is 90.9 Å². The zero-order valence-corrected chi connectivity index (χ0v) is 12.7. The summed E-state index contributed by atoms with van der Waals surface area (Å²) in [6.45, 7) is 3.81. The molecule has 0 saturated carbocycles. The molecule has 2 rings (SSSR count). The Hall–Kier alpha value is -1.60. The summed E-state index contributed by atoms with van der Waals surface area (Å²) in [4.78, 5) is 4.06. The van der Waals surface area contributed by atoms with E-state index in [9.17, 15) is 8.42 Å². The molecule has 1 aromatic carbocycles. The van der Waals surface area contributed by atoms with Gasteiger partial charge in [-0.25, -0.2) is 18.1 Å². The van der Waals surface area contributed by atoms with Gasteiger partial charge in [0, 0.05) is 11.1 Å². The van der Waals surface area contributed by atoms with E-state index in [1.54, 1.807) is 4.68 Å². The molecule has 0 spiro atoms. The van der Waals surface area contributed by atoms with Crippen LogP contribution in [0.5, 0.6) is 0 Å². The molecule has 0 amide bonds. The van der Waals surface area contributed by atoms with Gasteiger partial charge in [0.25, 0.3) is 0 Å². The molecule has 2 N–H and O–H groups in total. The fourth-order valence-electron chi connectivity index (χ4n) is 1.86. The fraction of sp³-hybridized carbons (Fsp3) is 0.333. The van der Waals surface area contributed by atoms with Crippen LogP contribution in [-0.2, 0) is 15.6 Å². The van der Waals surface area contributed by atoms with Crippen LogP contribution in [0.15, 0.2) is 29.4 Å². The van der Waals surface area contributed by atoms with Gasteiger partial charge in [0.2, 0.25) is 0 Å². The SMILES string of the molecule is CC(C)n1ncnc1CS(=O)(=O)c1ccc(Cl)cc1N. The molecule has 0 fully saturated rings. The van der Waals surface area contributed by atoms with Crippen molar-refractivity contribution in [3.05, 3.63) is 35.4 Å². The average molecular weight is 315 g/mol. The number of hydrogen-bond donors (Lipinski definition) is 1. The Labute approximate surface area is 122 Å². The Morgan fingerprint density at radius 2 is 2.10 bits per heavy atom. The highest BCUT2D eigenvalue weighted by Gasteiger charge is 2.22. The van der Waals surface area contributed by atoms with Crippen LogP contribution in [0, 0.1) is 0 Å². The smallest absolute Gasteiger partial charge is 0.187 e. The third-order valence-corrected chi connectivity index (χ3v) is 4.68. The zero-order valence-electron chi connectivity index (χ0n) is 11.1. The Balaban J connectivity index is 2.38. The van der Waals surface area contributed by atoms with Gasteiger partial charge in [0.05, 0.1) is 10.6 Å². The third kappa shape index (κ3) is 2.94. The highest BCUT2D eigenvalue weighted by atomic mass is 35.5. The summed E-state index contributed by atoms with van der Waals surface area (Å²) in [5, 5.41) is 4.41. The van der Waals surface area contributed by atoms with Gasteiger partial charge in [0.15, 0.2) is 9.84 Å². The second-order valence-electron chi connectivity index (χ2n) is 4.66. The number of aromatic nitrogens is 3. The van der Waals surface area contributed by atoms with Crippen molar-refractivity contribution in [1.29, 1.82) is 0 Å². The first-order valence-corrected chi connectivity index (χ1v) is 8.00. The Kier molecular flexibility index (Phi) is 4.01.